The summed E-state index contributed by atoms with van der Waals surface area (Å²) in [5.41, 5.74) is 2.50. The van der Waals surface area contributed by atoms with Gasteiger partial charge in [-0.3, -0.25) is 14.7 Å². The topological polar surface area (TPSA) is 74.8 Å². The van der Waals surface area contributed by atoms with Gasteiger partial charge in [-0.1, -0.05) is 26.0 Å². The number of benzene rings is 1. The summed E-state index contributed by atoms with van der Waals surface area (Å²) in [6.07, 6.45) is -1.48. The molecule has 0 spiro atoms. The average molecular weight is 519 g/mol. The van der Waals surface area contributed by atoms with E-state index in [1.165, 1.54) is 19.2 Å². The average Bonchev–Trinajstić information content (AvgIpc) is 3.24. The van der Waals surface area contributed by atoms with E-state index < -0.39 is 11.7 Å². The molecule has 3 heterocycles. The van der Waals surface area contributed by atoms with Crippen LogP contribution in [0.3, 0.4) is 0 Å². The van der Waals surface area contributed by atoms with Crippen molar-refractivity contribution < 1.29 is 27.5 Å². The molecule has 1 unspecified atom stereocenters. The van der Waals surface area contributed by atoms with Crippen molar-refractivity contribution in [2.45, 2.75) is 52.0 Å². The van der Waals surface area contributed by atoms with Crippen molar-refractivity contribution in [3.63, 3.8) is 0 Å². The Balaban J connectivity index is 1.38. The lowest BCUT2D eigenvalue weighted by Crippen LogP contribution is -2.41. The molecule has 1 N–H and O–H groups in total. The molecule has 2 aliphatic rings. The molecule has 10 heteroatoms. The quantitative estimate of drug-likeness (QED) is 0.581. The third kappa shape index (κ3) is 6.23. The Bertz CT molecular complexity index is 1110. The molecule has 0 saturated carbocycles. The number of pyridine rings is 1. The van der Waals surface area contributed by atoms with Gasteiger partial charge in [-0.15, -0.1) is 0 Å². The first-order valence-corrected chi connectivity index (χ1v) is 12.6. The number of methoxy groups -OCH3 is 1. The normalized spacial score (nSPS) is 18.7. The van der Waals surface area contributed by atoms with Gasteiger partial charge in [0.25, 0.3) is 5.91 Å². The van der Waals surface area contributed by atoms with Crippen LogP contribution in [0.25, 0.3) is 0 Å². The predicted octanol–water partition coefficient (Wildman–Crippen LogP) is 5.02. The Morgan fingerprint density at radius 2 is 1.84 bits per heavy atom. The van der Waals surface area contributed by atoms with Crippen LogP contribution in [0.5, 0.6) is 0 Å². The number of carbonyl (C=O) groups excluding carboxylic acids is 2. The van der Waals surface area contributed by atoms with E-state index in [-0.39, 0.29) is 29.9 Å². The molecule has 0 radical (unpaired) electrons. The van der Waals surface area contributed by atoms with Gasteiger partial charge in [0.1, 0.15) is 0 Å². The van der Waals surface area contributed by atoms with E-state index >= 15 is 0 Å². The number of halogens is 3. The number of rotatable bonds is 6. The summed E-state index contributed by atoms with van der Waals surface area (Å²) in [6, 6.07) is 7.15. The van der Waals surface area contributed by atoms with Crippen LogP contribution in [0.1, 0.15) is 65.5 Å². The van der Waals surface area contributed by atoms with Crippen LogP contribution in [0.2, 0.25) is 0 Å². The lowest BCUT2D eigenvalue weighted by Gasteiger charge is -2.30. The maximum Gasteiger partial charge on any atom is 0.416 e. The number of aromatic nitrogens is 1. The Morgan fingerprint density at radius 1 is 1.16 bits per heavy atom. The second-order valence-corrected chi connectivity index (χ2v) is 10.2. The van der Waals surface area contributed by atoms with Gasteiger partial charge in [0, 0.05) is 38.9 Å². The van der Waals surface area contributed by atoms with E-state index in [1.807, 2.05) is 6.07 Å². The zero-order valence-electron chi connectivity index (χ0n) is 21.3. The molecule has 1 aromatic carbocycles. The SMILES string of the molecule is COC(=O)N1CCC(CNC(=O)c2cnc3c(c2)CN(Cc2ccc(C(F)(F)F)cc2)C3C(C)C)CC1. The summed E-state index contributed by atoms with van der Waals surface area (Å²) in [6.45, 7) is 6.99. The van der Waals surface area contributed by atoms with Crippen LogP contribution in [-0.4, -0.2) is 53.5 Å². The van der Waals surface area contributed by atoms with Crippen molar-refractivity contribution in [1.29, 1.82) is 0 Å². The number of nitrogens with one attached hydrogen (secondary N) is 1. The van der Waals surface area contributed by atoms with E-state index in [0.29, 0.717) is 38.3 Å². The number of hydrogen-bond acceptors (Lipinski definition) is 5. The minimum Gasteiger partial charge on any atom is -0.453 e. The van der Waals surface area contributed by atoms with E-state index in [4.69, 9.17) is 4.74 Å². The summed E-state index contributed by atoms with van der Waals surface area (Å²) in [7, 11) is 1.37. The Morgan fingerprint density at radius 3 is 2.43 bits per heavy atom. The Hall–Kier alpha value is -3.14. The predicted molar refractivity (Wildman–Crippen MR) is 132 cm³/mol. The maximum atomic E-state index is 12.9. The summed E-state index contributed by atoms with van der Waals surface area (Å²) in [5.74, 6) is 0.337. The number of carbonyl (C=O) groups is 2. The molecular weight excluding hydrogens is 485 g/mol. The van der Waals surface area contributed by atoms with Crippen molar-refractivity contribution in [3.8, 4) is 0 Å². The minimum atomic E-state index is -4.36. The zero-order chi connectivity index (χ0) is 26.7. The van der Waals surface area contributed by atoms with Gasteiger partial charge in [-0.2, -0.15) is 13.2 Å². The van der Waals surface area contributed by atoms with Crippen molar-refractivity contribution in [1.82, 2.24) is 20.1 Å². The van der Waals surface area contributed by atoms with Crippen LogP contribution < -0.4 is 5.32 Å². The van der Waals surface area contributed by atoms with E-state index in [9.17, 15) is 22.8 Å². The lowest BCUT2D eigenvalue weighted by molar-refractivity contribution is -0.137. The van der Waals surface area contributed by atoms with Gasteiger partial charge in [0.15, 0.2) is 0 Å². The molecule has 200 valence electrons. The molecule has 4 rings (SSSR count). The number of alkyl halides is 3. The standard InChI is InChI=1S/C27H33F3N4O3/c1-17(2)24-23-21(16-34(24)15-19-4-6-22(7-5-19)27(28,29)30)12-20(14-31-23)25(35)32-13-18-8-10-33(11-9-18)26(36)37-3/h4-7,12,14,17-18,24H,8-11,13,15-16H2,1-3H3,(H,32,35). The third-order valence-corrected chi connectivity index (χ3v) is 7.21. The fourth-order valence-corrected chi connectivity index (χ4v) is 5.24. The highest BCUT2D eigenvalue weighted by Gasteiger charge is 2.35. The molecule has 1 aromatic heterocycles. The minimum absolute atomic E-state index is 0.00870. The van der Waals surface area contributed by atoms with Crippen LogP contribution in [0.15, 0.2) is 36.5 Å². The molecule has 2 amide bonds. The largest absolute Gasteiger partial charge is 0.453 e. The van der Waals surface area contributed by atoms with Gasteiger partial charge in [0.2, 0.25) is 0 Å². The highest BCUT2D eigenvalue weighted by atomic mass is 19.4. The lowest BCUT2D eigenvalue weighted by atomic mass is 9.97. The Kier molecular flexibility index (Phi) is 8.06. The number of amides is 2. The fraction of sp³-hybridized carbons (Fsp3) is 0.519. The number of fused-ring (bicyclic) bond motifs is 1. The van der Waals surface area contributed by atoms with Crippen molar-refractivity contribution in [2.75, 3.05) is 26.7 Å². The summed E-state index contributed by atoms with van der Waals surface area (Å²) >= 11 is 0. The molecule has 1 atom stereocenters. The number of ether oxygens (including phenoxy) is 1. The highest BCUT2D eigenvalue weighted by Crippen LogP contribution is 2.39. The first-order chi connectivity index (χ1) is 17.6. The highest BCUT2D eigenvalue weighted by molar-refractivity contribution is 5.94. The first-order valence-electron chi connectivity index (χ1n) is 12.6. The molecule has 37 heavy (non-hydrogen) atoms. The number of hydrogen-bond donors (Lipinski definition) is 1. The van der Waals surface area contributed by atoms with Crippen molar-refractivity contribution in [3.05, 3.63) is 64.5 Å². The van der Waals surface area contributed by atoms with Crippen LogP contribution in [-0.2, 0) is 24.0 Å². The summed E-state index contributed by atoms with van der Waals surface area (Å²) < 4.78 is 43.5. The second-order valence-electron chi connectivity index (χ2n) is 10.2. The molecule has 0 aliphatic carbocycles. The molecule has 1 saturated heterocycles. The monoisotopic (exact) mass is 518 g/mol. The number of piperidine rings is 1. The molecule has 7 nitrogen and oxygen atoms in total. The number of likely N-dealkylation sites (tertiary alicyclic amines) is 1. The maximum absolute atomic E-state index is 12.9. The molecule has 2 aromatic rings. The van der Waals surface area contributed by atoms with Gasteiger partial charge < -0.3 is 15.0 Å². The van der Waals surface area contributed by atoms with Crippen LogP contribution in [0, 0.1) is 11.8 Å². The van der Waals surface area contributed by atoms with E-state index in [1.54, 1.807) is 11.1 Å². The first kappa shape index (κ1) is 26.9. The van der Waals surface area contributed by atoms with Crippen LogP contribution >= 0.6 is 0 Å². The summed E-state index contributed by atoms with van der Waals surface area (Å²) in [4.78, 5) is 33.0. The van der Waals surface area contributed by atoms with Gasteiger partial charge in [0.05, 0.1) is 30.0 Å². The third-order valence-electron chi connectivity index (χ3n) is 7.21. The van der Waals surface area contributed by atoms with Gasteiger partial charge in [-0.05, 0) is 54.0 Å². The molecule has 1 fully saturated rings. The smallest absolute Gasteiger partial charge is 0.416 e. The second kappa shape index (κ2) is 11.1. The molecular formula is C27H33F3N4O3. The zero-order valence-corrected chi connectivity index (χ0v) is 21.3. The van der Waals surface area contributed by atoms with Crippen molar-refractivity contribution >= 4 is 12.0 Å². The van der Waals surface area contributed by atoms with Gasteiger partial charge in [-0.25, -0.2) is 4.79 Å². The Labute approximate surface area is 215 Å². The molecule has 0 bridgehead atoms. The number of nitrogens with zero attached hydrogens (tertiary/aromatic N) is 3. The van der Waals surface area contributed by atoms with E-state index in [0.717, 1.165) is 41.8 Å². The van der Waals surface area contributed by atoms with Gasteiger partial charge >= 0.3 is 12.3 Å². The fourth-order valence-electron chi connectivity index (χ4n) is 5.24. The van der Waals surface area contributed by atoms with Crippen LogP contribution in [0.4, 0.5) is 18.0 Å². The van der Waals surface area contributed by atoms with Crippen molar-refractivity contribution in [2.24, 2.45) is 11.8 Å². The summed E-state index contributed by atoms with van der Waals surface area (Å²) in [5, 5.41) is 3.00. The molecule has 2 aliphatic heterocycles. The van der Waals surface area contributed by atoms with E-state index in [2.05, 4.69) is 29.0 Å².